The van der Waals surface area contributed by atoms with Crippen LogP contribution >= 0.6 is 0 Å². The summed E-state index contributed by atoms with van der Waals surface area (Å²) in [5.41, 5.74) is 0.982. The number of rotatable bonds is 7. The molecule has 0 bridgehead atoms. The molecule has 0 saturated heterocycles. The summed E-state index contributed by atoms with van der Waals surface area (Å²) in [6.45, 7) is 1.15. The maximum absolute atomic E-state index is 13.0. The zero-order valence-electron chi connectivity index (χ0n) is 17.5. The first-order valence-corrected chi connectivity index (χ1v) is 10.1. The highest BCUT2D eigenvalue weighted by Gasteiger charge is 2.36. The van der Waals surface area contributed by atoms with Gasteiger partial charge < -0.3 is 14.5 Å². The molecule has 1 unspecified atom stereocenters. The van der Waals surface area contributed by atoms with E-state index in [2.05, 4.69) is 5.32 Å². The van der Waals surface area contributed by atoms with Gasteiger partial charge in [-0.05, 0) is 55.0 Å². The summed E-state index contributed by atoms with van der Waals surface area (Å²) in [5.74, 6) is -2.33. The number of nitrogens with one attached hydrogen (secondary N) is 1. The van der Waals surface area contributed by atoms with Crippen LogP contribution in [0.25, 0.3) is 0 Å². The number of benzene rings is 2. The molecule has 0 fully saturated rings. The van der Waals surface area contributed by atoms with Crippen molar-refractivity contribution >= 4 is 23.7 Å². The molecule has 1 N–H and O–H groups in total. The van der Waals surface area contributed by atoms with Gasteiger partial charge in [0.25, 0.3) is 17.7 Å². The van der Waals surface area contributed by atoms with E-state index < -0.39 is 36.3 Å². The second kappa shape index (κ2) is 9.07. The van der Waals surface area contributed by atoms with Gasteiger partial charge in [0.2, 0.25) is 0 Å². The molecule has 3 amide bonds. The van der Waals surface area contributed by atoms with Crippen LogP contribution in [0.2, 0.25) is 0 Å². The van der Waals surface area contributed by atoms with Crippen LogP contribution in [0, 0.1) is 5.82 Å². The Morgan fingerprint density at radius 2 is 1.79 bits per heavy atom. The molecule has 168 valence electrons. The molecule has 9 heteroatoms. The van der Waals surface area contributed by atoms with Crippen LogP contribution in [-0.4, -0.2) is 35.2 Å². The second-order valence-corrected chi connectivity index (χ2v) is 7.45. The first-order chi connectivity index (χ1) is 15.8. The van der Waals surface area contributed by atoms with Crippen molar-refractivity contribution < 1.29 is 32.7 Å². The molecule has 2 heterocycles. The number of hydrogen-bond acceptors (Lipinski definition) is 6. The molecule has 0 spiro atoms. The highest BCUT2D eigenvalue weighted by Crippen LogP contribution is 2.26. The number of hydrogen-bond donors (Lipinski definition) is 1. The predicted molar refractivity (Wildman–Crippen MR) is 113 cm³/mol. The van der Waals surface area contributed by atoms with Gasteiger partial charge in [-0.25, -0.2) is 9.18 Å². The lowest BCUT2D eigenvalue weighted by Gasteiger charge is -2.14. The molecule has 1 aliphatic rings. The van der Waals surface area contributed by atoms with Crippen LogP contribution in [0.4, 0.5) is 4.39 Å². The van der Waals surface area contributed by atoms with Crippen molar-refractivity contribution in [3.05, 3.63) is 94.7 Å². The van der Waals surface area contributed by atoms with E-state index in [0.29, 0.717) is 11.3 Å². The Morgan fingerprint density at radius 3 is 2.48 bits per heavy atom. The highest BCUT2D eigenvalue weighted by molar-refractivity contribution is 6.21. The van der Waals surface area contributed by atoms with E-state index in [9.17, 15) is 23.6 Å². The van der Waals surface area contributed by atoms with Crippen molar-refractivity contribution in [2.24, 2.45) is 0 Å². The fraction of sp³-hybridized carbons (Fsp3) is 0.167. The van der Waals surface area contributed by atoms with Gasteiger partial charge in [0.1, 0.15) is 11.6 Å². The summed E-state index contributed by atoms with van der Waals surface area (Å²) in [6, 6.07) is 12.6. The van der Waals surface area contributed by atoms with Gasteiger partial charge in [-0.15, -0.1) is 0 Å². The molecule has 0 aliphatic carbocycles. The van der Waals surface area contributed by atoms with Gasteiger partial charge in [-0.3, -0.25) is 19.3 Å². The smallest absolute Gasteiger partial charge is 0.338 e. The molecule has 3 aromatic rings. The molecular weight excluding hydrogens is 431 g/mol. The summed E-state index contributed by atoms with van der Waals surface area (Å²) in [5, 5.41) is 2.65. The van der Waals surface area contributed by atoms with Crippen molar-refractivity contribution in [1.82, 2.24) is 10.2 Å². The van der Waals surface area contributed by atoms with E-state index in [4.69, 9.17) is 9.15 Å². The maximum Gasteiger partial charge on any atom is 0.338 e. The first-order valence-electron chi connectivity index (χ1n) is 10.1. The molecule has 1 aliphatic heterocycles. The number of esters is 1. The Balaban J connectivity index is 1.36. The van der Waals surface area contributed by atoms with Gasteiger partial charge in [0.15, 0.2) is 6.61 Å². The van der Waals surface area contributed by atoms with Gasteiger partial charge in [0, 0.05) is 0 Å². The van der Waals surface area contributed by atoms with Crippen LogP contribution in [0.1, 0.15) is 55.4 Å². The highest BCUT2D eigenvalue weighted by atomic mass is 19.1. The largest absolute Gasteiger partial charge is 0.467 e. The van der Waals surface area contributed by atoms with Gasteiger partial charge in [-0.2, -0.15) is 0 Å². The van der Waals surface area contributed by atoms with E-state index >= 15 is 0 Å². The van der Waals surface area contributed by atoms with Crippen molar-refractivity contribution in [2.75, 3.05) is 6.61 Å². The molecule has 2 aromatic carbocycles. The van der Waals surface area contributed by atoms with Crippen molar-refractivity contribution in [3.8, 4) is 0 Å². The third-order valence-electron chi connectivity index (χ3n) is 5.18. The van der Waals surface area contributed by atoms with Crippen molar-refractivity contribution in [2.45, 2.75) is 19.5 Å². The van der Waals surface area contributed by atoms with E-state index in [1.807, 2.05) is 0 Å². The minimum Gasteiger partial charge on any atom is -0.467 e. The van der Waals surface area contributed by atoms with Crippen molar-refractivity contribution in [3.63, 3.8) is 0 Å². The number of imide groups is 1. The SMILES string of the molecule is CC(NC(=O)COC(=O)c1ccc2c(c1)C(=O)N(Cc1ccco1)C2=O)c1ccc(F)cc1. The lowest BCUT2D eigenvalue weighted by atomic mass is 10.1. The van der Waals surface area contributed by atoms with Crippen LogP contribution in [0.5, 0.6) is 0 Å². The normalized spacial score (nSPS) is 13.6. The van der Waals surface area contributed by atoms with E-state index in [0.717, 1.165) is 4.90 Å². The number of carbonyl (C=O) groups is 4. The summed E-state index contributed by atoms with van der Waals surface area (Å²) < 4.78 is 23.3. The molecule has 33 heavy (non-hydrogen) atoms. The average Bonchev–Trinajstić information content (AvgIpc) is 3.40. The summed E-state index contributed by atoms with van der Waals surface area (Å²) in [4.78, 5) is 50.8. The molecule has 0 radical (unpaired) electrons. The minimum atomic E-state index is -0.813. The molecule has 4 rings (SSSR count). The van der Waals surface area contributed by atoms with Crippen LogP contribution in [0.15, 0.2) is 65.3 Å². The molecule has 1 aromatic heterocycles. The Kier molecular flexibility index (Phi) is 6.03. The van der Waals surface area contributed by atoms with E-state index in [1.54, 1.807) is 31.2 Å². The van der Waals surface area contributed by atoms with Crippen LogP contribution < -0.4 is 5.32 Å². The summed E-state index contributed by atoms with van der Waals surface area (Å²) in [7, 11) is 0. The Hall–Kier alpha value is -4.27. The van der Waals surface area contributed by atoms with Crippen LogP contribution in [0.3, 0.4) is 0 Å². The van der Waals surface area contributed by atoms with E-state index in [-0.39, 0.29) is 29.1 Å². The van der Waals surface area contributed by atoms with E-state index in [1.165, 1.54) is 36.6 Å². The lowest BCUT2D eigenvalue weighted by Crippen LogP contribution is -2.31. The number of carbonyl (C=O) groups excluding carboxylic acids is 4. The molecule has 1 atom stereocenters. The third kappa shape index (κ3) is 4.67. The average molecular weight is 450 g/mol. The number of furan rings is 1. The van der Waals surface area contributed by atoms with Gasteiger partial charge in [-0.1, -0.05) is 12.1 Å². The zero-order valence-corrected chi connectivity index (χ0v) is 17.5. The topological polar surface area (TPSA) is 106 Å². The Labute approximate surface area is 187 Å². The number of amides is 3. The second-order valence-electron chi connectivity index (χ2n) is 7.45. The molecule has 8 nitrogen and oxygen atoms in total. The standard InChI is InChI=1S/C24H19FN2O6/c1-14(15-4-7-17(25)8-5-15)26-21(28)13-33-24(31)16-6-9-19-20(11-16)23(30)27(22(19)29)12-18-3-2-10-32-18/h2-11,14H,12-13H2,1H3,(H,26,28). The minimum absolute atomic E-state index is 0.0223. The molecular formula is C24H19FN2O6. The monoisotopic (exact) mass is 450 g/mol. The predicted octanol–water partition coefficient (Wildman–Crippen LogP) is 3.25. The van der Waals surface area contributed by atoms with Gasteiger partial charge >= 0.3 is 5.97 Å². The maximum atomic E-state index is 13.0. The summed E-state index contributed by atoms with van der Waals surface area (Å²) >= 11 is 0. The number of ether oxygens (including phenoxy) is 1. The zero-order chi connectivity index (χ0) is 23.5. The fourth-order valence-corrected chi connectivity index (χ4v) is 3.45. The van der Waals surface area contributed by atoms with Gasteiger partial charge in [0.05, 0.1) is 35.5 Å². The summed E-state index contributed by atoms with van der Waals surface area (Å²) in [6.07, 6.45) is 1.44. The Morgan fingerprint density at radius 1 is 1.06 bits per heavy atom. The number of nitrogens with zero attached hydrogens (tertiary/aromatic N) is 1. The number of fused-ring (bicyclic) bond motifs is 1. The van der Waals surface area contributed by atoms with Crippen LogP contribution in [-0.2, 0) is 16.1 Å². The number of halogens is 1. The first kappa shape index (κ1) is 21.9. The Bertz CT molecular complexity index is 1220. The third-order valence-corrected chi connectivity index (χ3v) is 5.18. The fourth-order valence-electron chi connectivity index (χ4n) is 3.45. The quantitative estimate of drug-likeness (QED) is 0.438. The molecule has 0 saturated carbocycles. The van der Waals surface area contributed by atoms with Crippen molar-refractivity contribution in [1.29, 1.82) is 0 Å². The lowest BCUT2D eigenvalue weighted by molar-refractivity contribution is -0.124.